The maximum Gasteiger partial charge on any atom is 0.192 e. The van der Waals surface area contributed by atoms with Gasteiger partial charge in [-0.2, -0.15) is 5.26 Å². The van der Waals surface area contributed by atoms with Gasteiger partial charge < -0.3 is 5.73 Å². The van der Waals surface area contributed by atoms with Gasteiger partial charge in [-0.05, 0) is 24.6 Å². The van der Waals surface area contributed by atoms with Gasteiger partial charge in [0.05, 0.1) is 17.9 Å². The van der Waals surface area contributed by atoms with E-state index >= 15 is 0 Å². The molecular formula is C21H18FN5OS. The number of nitrogens with two attached hydrogens (primary N) is 1. The number of Topliss-reactive ketones (excluding diaryl/α,β-unsaturated/α-hetero) is 1. The van der Waals surface area contributed by atoms with Crippen molar-refractivity contribution in [1.29, 1.82) is 5.26 Å². The van der Waals surface area contributed by atoms with Gasteiger partial charge in [0.25, 0.3) is 0 Å². The number of nitrogens with zero attached hydrogens (tertiary/aromatic N) is 4. The summed E-state index contributed by atoms with van der Waals surface area (Å²) in [6.45, 7) is 1.92. The molecule has 0 aliphatic carbocycles. The second-order valence-electron chi connectivity index (χ2n) is 6.24. The molecule has 0 aliphatic heterocycles. The molecule has 0 radical (unpaired) electrons. The minimum absolute atomic E-state index is 0.0262. The Kier molecular flexibility index (Phi) is 6.42. The number of ketones is 1. The van der Waals surface area contributed by atoms with Gasteiger partial charge in [-0.15, -0.1) is 10.2 Å². The fourth-order valence-corrected chi connectivity index (χ4v) is 3.53. The third kappa shape index (κ3) is 4.70. The Morgan fingerprint density at radius 1 is 1.17 bits per heavy atom. The van der Waals surface area contributed by atoms with E-state index in [0.717, 1.165) is 17.3 Å². The van der Waals surface area contributed by atoms with E-state index in [1.54, 1.807) is 22.8 Å². The van der Waals surface area contributed by atoms with Gasteiger partial charge in [0, 0.05) is 5.70 Å². The van der Waals surface area contributed by atoms with E-state index in [0.29, 0.717) is 23.1 Å². The monoisotopic (exact) mass is 407 g/mol. The van der Waals surface area contributed by atoms with Crippen molar-refractivity contribution in [2.45, 2.75) is 18.6 Å². The molecule has 1 aromatic heterocycles. The number of carbonyl (C=O) groups excluding carboxylic acids is 1. The molecule has 3 rings (SSSR count). The normalized spacial score (nSPS) is 11.6. The van der Waals surface area contributed by atoms with Crippen molar-refractivity contribution < 1.29 is 9.18 Å². The van der Waals surface area contributed by atoms with Gasteiger partial charge in [-0.1, -0.05) is 54.2 Å². The van der Waals surface area contributed by atoms with Gasteiger partial charge in [0.15, 0.2) is 16.8 Å². The summed E-state index contributed by atoms with van der Waals surface area (Å²) < 4.78 is 16.1. The Morgan fingerprint density at radius 3 is 2.52 bits per heavy atom. The topological polar surface area (TPSA) is 97.6 Å². The van der Waals surface area contributed by atoms with Crippen LogP contribution in [-0.4, -0.2) is 26.3 Å². The van der Waals surface area contributed by atoms with Crippen molar-refractivity contribution in [2.75, 3.05) is 5.75 Å². The van der Waals surface area contributed by atoms with Crippen LogP contribution < -0.4 is 5.73 Å². The number of halogens is 1. The number of nitriles is 1. The number of benzene rings is 2. The van der Waals surface area contributed by atoms with Crippen LogP contribution in [0.3, 0.4) is 0 Å². The molecule has 0 fully saturated rings. The number of thioether (sulfide) groups is 1. The summed E-state index contributed by atoms with van der Waals surface area (Å²) >= 11 is 1.13. The summed E-state index contributed by atoms with van der Waals surface area (Å²) in [6.07, 6.45) is 0. The molecule has 0 bridgehead atoms. The van der Waals surface area contributed by atoms with E-state index in [4.69, 9.17) is 11.0 Å². The number of rotatable bonds is 7. The number of hydrogen-bond acceptors (Lipinski definition) is 6. The maximum atomic E-state index is 14.4. The van der Waals surface area contributed by atoms with Crippen molar-refractivity contribution in [3.63, 3.8) is 0 Å². The Bertz CT molecular complexity index is 1100. The molecule has 6 nitrogen and oxygen atoms in total. The molecule has 29 heavy (non-hydrogen) atoms. The van der Waals surface area contributed by atoms with Crippen molar-refractivity contribution in [3.8, 4) is 17.5 Å². The molecule has 0 atom stereocenters. The van der Waals surface area contributed by atoms with Gasteiger partial charge in [0.2, 0.25) is 0 Å². The van der Waals surface area contributed by atoms with E-state index < -0.39 is 5.82 Å². The van der Waals surface area contributed by atoms with Crippen molar-refractivity contribution >= 4 is 17.5 Å². The Labute approximate surface area is 171 Å². The molecule has 8 heteroatoms. The Balaban J connectivity index is 1.95. The lowest BCUT2D eigenvalue weighted by atomic mass is 10.2. The third-order valence-corrected chi connectivity index (χ3v) is 5.10. The number of aromatic nitrogens is 3. The van der Waals surface area contributed by atoms with Gasteiger partial charge in [-0.25, -0.2) is 4.39 Å². The maximum absolute atomic E-state index is 14.4. The largest absolute Gasteiger partial charge is 0.401 e. The predicted octanol–water partition coefficient (Wildman–Crippen LogP) is 3.55. The van der Waals surface area contributed by atoms with E-state index in [1.165, 1.54) is 13.0 Å². The first-order valence-electron chi connectivity index (χ1n) is 8.75. The minimum atomic E-state index is -0.407. The van der Waals surface area contributed by atoms with Gasteiger partial charge in [0.1, 0.15) is 17.5 Å². The van der Waals surface area contributed by atoms with Gasteiger partial charge in [-0.3, -0.25) is 9.36 Å². The molecule has 0 spiro atoms. The predicted molar refractivity (Wildman–Crippen MR) is 109 cm³/mol. The first-order valence-corrected chi connectivity index (χ1v) is 9.74. The van der Waals surface area contributed by atoms with Crippen LogP contribution in [0.5, 0.6) is 0 Å². The molecule has 1 heterocycles. The average molecular weight is 407 g/mol. The van der Waals surface area contributed by atoms with Crippen molar-refractivity contribution in [3.05, 3.63) is 77.2 Å². The average Bonchev–Trinajstić information content (AvgIpc) is 3.10. The van der Waals surface area contributed by atoms with E-state index in [9.17, 15) is 9.18 Å². The molecule has 2 aromatic carbocycles. The van der Waals surface area contributed by atoms with Crippen LogP contribution in [0.25, 0.3) is 11.4 Å². The van der Waals surface area contributed by atoms with Crippen LogP contribution in [0.4, 0.5) is 4.39 Å². The van der Waals surface area contributed by atoms with E-state index in [2.05, 4.69) is 10.2 Å². The molecule has 0 saturated carbocycles. The summed E-state index contributed by atoms with van der Waals surface area (Å²) in [5.41, 5.74) is 7.01. The zero-order valence-corrected chi connectivity index (χ0v) is 16.5. The van der Waals surface area contributed by atoms with Gasteiger partial charge >= 0.3 is 0 Å². The molecule has 0 aliphatic rings. The van der Waals surface area contributed by atoms with Crippen LogP contribution in [0.1, 0.15) is 12.5 Å². The first-order chi connectivity index (χ1) is 14.0. The molecule has 146 valence electrons. The van der Waals surface area contributed by atoms with E-state index in [1.807, 2.05) is 36.4 Å². The summed E-state index contributed by atoms with van der Waals surface area (Å²) in [7, 11) is 0. The Hall–Kier alpha value is -3.44. The highest BCUT2D eigenvalue weighted by Crippen LogP contribution is 2.27. The van der Waals surface area contributed by atoms with Crippen LogP contribution in [0, 0.1) is 17.1 Å². The third-order valence-electron chi connectivity index (χ3n) is 4.13. The number of allylic oxidation sites excluding steroid dienone is 2. The molecule has 0 saturated heterocycles. The molecule has 0 amide bonds. The van der Waals surface area contributed by atoms with Crippen LogP contribution in [0.2, 0.25) is 0 Å². The number of hydrogen-bond donors (Lipinski definition) is 1. The first kappa shape index (κ1) is 20.3. The highest BCUT2D eigenvalue weighted by molar-refractivity contribution is 7.99. The Morgan fingerprint density at radius 2 is 1.86 bits per heavy atom. The minimum Gasteiger partial charge on any atom is -0.401 e. The number of carbonyl (C=O) groups is 1. The second kappa shape index (κ2) is 9.17. The molecule has 2 N–H and O–H groups in total. The smallest absolute Gasteiger partial charge is 0.192 e. The lowest BCUT2D eigenvalue weighted by Crippen LogP contribution is -2.11. The lowest BCUT2D eigenvalue weighted by molar-refractivity contribution is -0.112. The summed E-state index contributed by atoms with van der Waals surface area (Å²) in [5, 5.41) is 17.9. The molecule has 3 aromatic rings. The highest BCUT2D eigenvalue weighted by atomic mass is 32.2. The summed E-state index contributed by atoms with van der Waals surface area (Å²) in [6, 6.07) is 17.8. The zero-order valence-electron chi connectivity index (χ0n) is 15.7. The summed E-state index contributed by atoms with van der Waals surface area (Å²) in [4.78, 5) is 12.3. The fourth-order valence-electron chi connectivity index (χ4n) is 2.72. The van der Waals surface area contributed by atoms with Crippen molar-refractivity contribution in [2.24, 2.45) is 5.73 Å². The molecular weight excluding hydrogens is 389 g/mol. The summed E-state index contributed by atoms with van der Waals surface area (Å²) in [5.74, 6) is -0.454. The van der Waals surface area contributed by atoms with E-state index in [-0.39, 0.29) is 22.8 Å². The van der Waals surface area contributed by atoms with Crippen molar-refractivity contribution in [1.82, 2.24) is 14.8 Å². The molecule has 0 unspecified atom stereocenters. The standard InChI is InChI=1S/C21H18FN5OS/c1-14(24)17(11-23)19(28)13-29-21-26-25-20(16-9-5-6-10-18(16)22)27(21)12-15-7-3-2-4-8-15/h2-10H,12-13,24H2,1H3. The quantitative estimate of drug-likeness (QED) is 0.365. The second-order valence-corrected chi connectivity index (χ2v) is 7.18. The zero-order chi connectivity index (χ0) is 20.8. The highest BCUT2D eigenvalue weighted by Gasteiger charge is 2.19. The van der Waals surface area contributed by atoms with Crippen LogP contribution in [0.15, 0.2) is 71.0 Å². The lowest BCUT2D eigenvalue weighted by Gasteiger charge is -2.11. The van der Waals surface area contributed by atoms with Crippen LogP contribution >= 0.6 is 11.8 Å². The van der Waals surface area contributed by atoms with Crippen LogP contribution in [-0.2, 0) is 11.3 Å². The SMILES string of the molecule is CC(N)=C(C#N)C(=O)CSc1nnc(-c2ccccc2F)n1Cc1ccccc1. The fraction of sp³-hybridized carbons (Fsp3) is 0.143.